The van der Waals surface area contributed by atoms with Crippen LogP contribution in [-0.2, 0) is 7.05 Å². The summed E-state index contributed by atoms with van der Waals surface area (Å²) in [4.78, 5) is 2.43. The van der Waals surface area contributed by atoms with Gasteiger partial charge in [-0.3, -0.25) is 4.90 Å². The van der Waals surface area contributed by atoms with E-state index in [1.165, 1.54) is 22.9 Å². The average Bonchev–Trinajstić information content (AvgIpc) is 2.91. The second kappa shape index (κ2) is 4.93. The summed E-state index contributed by atoms with van der Waals surface area (Å²) in [6.45, 7) is 1.90. The van der Waals surface area contributed by atoms with Gasteiger partial charge in [0.2, 0.25) is 0 Å². The van der Waals surface area contributed by atoms with Gasteiger partial charge in [-0.05, 0) is 53.5 Å². The number of halogens is 1. The zero-order valence-electron chi connectivity index (χ0n) is 11.4. The molecular weight excluding hydrogens is 302 g/mol. The Labute approximate surface area is 122 Å². The molecule has 2 heterocycles. The molecular formula is C15H20BrN3. The molecule has 2 N–H and O–H groups in total. The number of hydrogen-bond acceptors (Lipinski definition) is 2. The van der Waals surface area contributed by atoms with Gasteiger partial charge in [0.15, 0.2) is 0 Å². The predicted molar refractivity (Wildman–Crippen MR) is 83.2 cm³/mol. The number of rotatable bonds is 2. The van der Waals surface area contributed by atoms with Gasteiger partial charge in [0, 0.05) is 41.2 Å². The zero-order chi connectivity index (χ0) is 13.6. The van der Waals surface area contributed by atoms with Crippen molar-refractivity contribution in [3.05, 3.63) is 34.4 Å². The highest BCUT2D eigenvalue weighted by Gasteiger charge is 2.29. The lowest BCUT2D eigenvalue weighted by atomic mass is 9.99. The van der Waals surface area contributed by atoms with Gasteiger partial charge >= 0.3 is 0 Å². The van der Waals surface area contributed by atoms with Crippen LogP contribution in [-0.4, -0.2) is 29.6 Å². The summed E-state index contributed by atoms with van der Waals surface area (Å²) in [5, 5.41) is 1.28. The fourth-order valence-electron chi connectivity index (χ4n) is 3.22. The summed E-state index contributed by atoms with van der Waals surface area (Å²) in [6, 6.07) is 7.30. The largest absolute Gasteiger partial charge is 0.349 e. The molecule has 3 rings (SSSR count). The van der Waals surface area contributed by atoms with Crippen molar-refractivity contribution in [2.24, 2.45) is 18.7 Å². The van der Waals surface area contributed by atoms with Crippen molar-refractivity contribution >= 4 is 26.8 Å². The highest BCUT2D eigenvalue weighted by Crippen LogP contribution is 2.36. The summed E-state index contributed by atoms with van der Waals surface area (Å²) in [6.07, 6.45) is 3.29. The Morgan fingerprint density at radius 3 is 2.84 bits per heavy atom. The Kier molecular flexibility index (Phi) is 3.41. The molecule has 2 unspecified atom stereocenters. The lowest BCUT2D eigenvalue weighted by Gasteiger charge is -2.19. The standard InChI is InChI=1S/C15H20BrN3/c1-18-8-10(7-17)5-14(18)11-3-4-12-13(16)9-19(2)15(12)6-11/h3-4,6,9-10,14H,5,7-8,17H2,1-2H3. The van der Waals surface area contributed by atoms with E-state index in [2.05, 4.69) is 63.9 Å². The molecule has 1 saturated heterocycles. The number of fused-ring (bicyclic) bond motifs is 1. The quantitative estimate of drug-likeness (QED) is 0.922. The van der Waals surface area contributed by atoms with Gasteiger partial charge in [-0.2, -0.15) is 0 Å². The lowest BCUT2D eigenvalue weighted by Crippen LogP contribution is -2.20. The Hall–Kier alpha value is -0.840. The number of nitrogens with zero attached hydrogens (tertiary/aromatic N) is 2. The molecule has 4 heteroatoms. The van der Waals surface area contributed by atoms with E-state index in [1.807, 2.05) is 0 Å². The van der Waals surface area contributed by atoms with E-state index in [1.54, 1.807) is 0 Å². The Balaban J connectivity index is 1.99. The number of benzene rings is 1. The molecule has 102 valence electrons. The second-order valence-corrected chi connectivity index (χ2v) is 6.51. The minimum absolute atomic E-state index is 0.506. The van der Waals surface area contributed by atoms with E-state index >= 15 is 0 Å². The first kappa shape index (κ1) is 13.2. The molecule has 0 aliphatic carbocycles. The van der Waals surface area contributed by atoms with Crippen molar-refractivity contribution in [2.75, 3.05) is 20.1 Å². The molecule has 1 aliphatic heterocycles. The molecule has 0 radical (unpaired) electrons. The maximum absolute atomic E-state index is 5.82. The van der Waals surface area contributed by atoms with Crippen LogP contribution in [0.4, 0.5) is 0 Å². The zero-order valence-corrected chi connectivity index (χ0v) is 13.0. The Morgan fingerprint density at radius 1 is 1.37 bits per heavy atom. The van der Waals surface area contributed by atoms with E-state index in [0.717, 1.165) is 17.6 Å². The van der Waals surface area contributed by atoms with Crippen molar-refractivity contribution in [1.82, 2.24) is 9.47 Å². The van der Waals surface area contributed by atoms with Crippen molar-refractivity contribution in [3.8, 4) is 0 Å². The maximum atomic E-state index is 5.82. The summed E-state index contributed by atoms with van der Waals surface area (Å²) in [5.41, 5.74) is 8.51. The number of nitrogens with two attached hydrogens (primary N) is 1. The molecule has 2 aromatic rings. The van der Waals surface area contributed by atoms with E-state index in [-0.39, 0.29) is 0 Å². The summed E-state index contributed by atoms with van der Waals surface area (Å²) in [7, 11) is 4.29. The number of aromatic nitrogens is 1. The molecule has 1 fully saturated rings. The first-order valence-electron chi connectivity index (χ1n) is 6.75. The van der Waals surface area contributed by atoms with Crippen molar-refractivity contribution in [2.45, 2.75) is 12.5 Å². The SMILES string of the molecule is CN1CC(CN)CC1c1ccc2c(Br)cn(C)c2c1. The third kappa shape index (κ3) is 2.22. The minimum Gasteiger partial charge on any atom is -0.349 e. The van der Waals surface area contributed by atoms with Gasteiger partial charge < -0.3 is 10.3 Å². The fraction of sp³-hybridized carbons (Fsp3) is 0.467. The topological polar surface area (TPSA) is 34.2 Å². The van der Waals surface area contributed by atoms with E-state index in [4.69, 9.17) is 5.73 Å². The highest BCUT2D eigenvalue weighted by molar-refractivity contribution is 9.10. The third-order valence-electron chi connectivity index (χ3n) is 4.32. The molecule has 1 aromatic carbocycles. The maximum Gasteiger partial charge on any atom is 0.0492 e. The Bertz CT molecular complexity index is 605. The molecule has 1 aromatic heterocycles. The van der Waals surface area contributed by atoms with Crippen LogP contribution in [0.1, 0.15) is 18.0 Å². The average molecular weight is 322 g/mol. The molecule has 2 atom stereocenters. The highest BCUT2D eigenvalue weighted by atomic mass is 79.9. The summed E-state index contributed by atoms with van der Waals surface area (Å²) < 4.78 is 3.34. The predicted octanol–water partition coefficient (Wildman–Crippen LogP) is 2.89. The molecule has 3 nitrogen and oxygen atoms in total. The van der Waals surface area contributed by atoms with Gasteiger partial charge in [0.1, 0.15) is 0 Å². The van der Waals surface area contributed by atoms with Crippen LogP contribution in [0.3, 0.4) is 0 Å². The Morgan fingerprint density at radius 2 is 2.16 bits per heavy atom. The van der Waals surface area contributed by atoms with Gasteiger partial charge in [-0.25, -0.2) is 0 Å². The first-order valence-corrected chi connectivity index (χ1v) is 7.54. The lowest BCUT2D eigenvalue weighted by molar-refractivity contribution is 0.314. The molecule has 0 amide bonds. The molecule has 1 aliphatic rings. The summed E-state index contributed by atoms with van der Waals surface area (Å²) >= 11 is 3.61. The number of hydrogen-bond donors (Lipinski definition) is 1. The summed E-state index contributed by atoms with van der Waals surface area (Å²) in [5.74, 6) is 0.630. The van der Waals surface area contributed by atoms with Crippen molar-refractivity contribution < 1.29 is 0 Å². The molecule has 0 saturated carbocycles. The van der Waals surface area contributed by atoms with E-state index < -0.39 is 0 Å². The monoisotopic (exact) mass is 321 g/mol. The van der Waals surface area contributed by atoms with E-state index in [0.29, 0.717) is 12.0 Å². The van der Waals surface area contributed by atoms with Crippen LogP contribution < -0.4 is 5.73 Å². The van der Waals surface area contributed by atoms with Gasteiger partial charge in [0.25, 0.3) is 0 Å². The minimum atomic E-state index is 0.506. The van der Waals surface area contributed by atoms with Gasteiger partial charge in [0.05, 0.1) is 0 Å². The number of likely N-dealkylation sites (tertiary alicyclic amines) is 1. The van der Waals surface area contributed by atoms with Crippen LogP contribution in [0, 0.1) is 5.92 Å². The first-order chi connectivity index (χ1) is 9.10. The van der Waals surface area contributed by atoms with Crippen LogP contribution in [0.15, 0.2) is 28.9 Å². The normalized spacial score (nSPS) is 24.4. The molecule has 0 bridgehead atoms. The number of aryl methyl sites for hydroxylation is 1. The fourth-order valence-corrected chi connectivity index (χ4v) is 3.87. The van der Waals surface area contributed by atoms with Crippen LogP contribution in [0.5, 0.6) is 0 Å². The second-order valence-electron chi connectivity index (χ2n) is 5.66. The van der Waals surface area contributed by atoms with Gasteiger partial charge in [-0.1, -0.05) is 12.1 Å². The van der Waals surface area contributed by atoms with Crippen molar-refractivity contribution in [3.63, 3.8) is 0 Å². The van der Waals surface area contributed by atoms with Crippen molar-refractivity contribution in [1.29, 1.82) is 0 Å². The van der Waals surface area contributed by atoms with Crippen LogP contribution >= 0.6 is 15.9 Å². The van der Waals surface area contributed by atoms with E-state index in [9.17, 15) is 0 Å². The molecule has 19 heavy (non-hydrogen) atoms. The third-order valence-corrected chi connectivity index (χ3v) is 4.95. The molecule has 0 spiro atoms. The van der Waals surface area contributed by atoms with Crippen LogP contribution in [0.2, 0.25) is 0 Å². The van der Waals surface area contributed by atoms with Gasteiger partial charge in [-0.15, -0.1) is 0 Å². The smallest absolute Gasteiger partial charge is 0.0492 e. The van der Waals surface area contributed by atoms with Crippen LogP contribution in [0.25, 0.3) is 10.9 Å².